The van der Waals surface area contributed by atoms with Crippen LogP contribution in [0.5, 0.6) is 23.0 Å². The highest BCUT2D eigenvalue weighted by molar-refractivity contribution is 5.95. The van der Waals surface area contributed by atoms with Crippen molar-refractivity contribution in [2.45, 2.75) is 18.6 Å². The van der Waals surface area contributed by atoms with Gasteiger partial charge >= 0.3 is 0 Å². The van der Waals surface area contributed by atoms with Crippen molar-refractivity contribution in [1.82, 2.24) is 10.6 Å². The van der Waals surface area contributed by atoms with E-state index in [1.807, 2.05) is 12.1 Å². The van der Waals surface area contributed by atoms with Crippen molar-refractivity contribution in [1.29, 1.82) is 0 Å². The second-order valence-electron chi connectivity index (χ2n) is 6.99. The Bertz CT molecular complexity index is 865. The molecule has 29 heavy (non-hydrogen) atoms. The fourth-order valence-electron chi connectivity index (χ4n) is 3.16. The van der Waals surface area contributed by atoms with Crippen molar-refractivity contribution in [2.24, 2.45) is 5.73 Å². The van der Waals surface area contributed by atoms with Crippen molar-refractivity contribution in [3.63, 3.8) is 0 Å². The number of hydrogen-bond donors (Lipinski definition) is 4. The van der Waals surface area contributed by atoms with Gasteiger partial charge < -0.3 is 35.7 Å². The summed E-state index contributed by atoms with van der Waals surface area (Å²) < 4.78 is 16.7. The van der Waals surface area contributed by atoms with Crippen LogP contribution < -0.4 is 30.6 Å². The van der Waals surface area contributed by atoms with Crippen LogP contribution in [0, 0.1) is 0 Å². The van der Waals surface area contributed by atoms with Gasteiger partial charge in [-0.05, 0) is 48.9 Å². The summed E-state index contributed by atoms with van der Waals surface area (Å²) >= 11 is 0. The molecular weight excluding hydrogens is 374 g/mol. The topological polar surface area (TPSA) is 115 Å². The Balaban J connectivity index is 1.74. The van der Waals surface area contributed by atoms with Crippen molar-refractivity contribution in [2.75, 3.05) is 33.9 Å². The van der Waals surface area contributed by atoms with E-state index >= 15 is 0 Å². The highest BCUT2D eigenvalue weighted by atomic mass is 16.5. The molecule has 5 N–H and O–H groups in total. The molecule has 1 fully saturated rings. The van der Waals surface area contributed by atoms with E-state index in [9.17, 15) is 9.90 Å². The van der Waals surface area contributed by atoms with Gasteiger partial charge in [0.25, 0.3) is 5.91 Å². The molecule has 0 saturated carbocycles. The van der Waals surface area contributed by atoms with E-state index in [4.69, 9.17) is 19.9 Å². The number of β-amino-alcohol motifs (C(OH)–C–C–N with tert-alkyl or cyclic N) is 1. The number of benzene rings is 2. The molecule has 1 aliphatic heterocycles. The van der Waals surface area contributed by atoms with Crippen molar-refractivity contribution in [3.05, 3.63) is 47.5 Å². The Hall–Kier alpha value is -2.81. The Kier molecular flexibility index (Phi) is 6.58. The molecule has 0 aromatic heterocycles. The van der Waals surface area contributed by atoms with Gasteiger partial charge in [-0.1, -0.05) is 6.07 Å². The molecule has 2 aromatic carbocycles. The summed E-state index contributed by atoms with van der Waals surface area (Å²) in [4.78, 5) is 12.5. The first kappa shape index (κ1) is 20.9. The van der Waals surface area contributed by atoms with Crippen LogP contribution in [0.3, 0.4) is 0 Å². The van der Waals surface area contributed by atoms with Gasteiger partial charge in [0.2, 0.25) is 0 Å². The van der Waals surface area contributed by atoms with Gasteiger partial charge in [0.15, 0.2) is 23.0 Å². The molecule has 156 valence electrons. The molecule has 2 aromatic rings. The Morgan fingerprint density at radius 1 is 1.14 bits per heavy atom. The van der Waals surface area contributed by atoms with Gasteiger partial charge in [-0.15, -0.1) is 0 Å². The molecule has 1 aliphatic rings. The molecule has 1 unspecified atom stereocenters. The SMILES string of the molecule is COc1cc(CN)ccc1Oc1ccc(C(=O)NCC2(O)CCNC2)cc1OC. The lowest BCUT2D eigenvalue weighted by atomic mass is 10.0. The lowest BCUT2D eigenvalue weighted by Gasteiger charge is -2.21. The zero-order valence-electron chi connectivity index (χ0n) is 16.7. The number of nitrogens with one attached hydrogen (secondary N) is 2. The van der Waals surface area contributed by atoms with Gasteiger partial charge in [-0.3, -0.25) is 4.79 Å². The van der Waals surface area contributed by atoms with Crippen LogP contribution in [0.1, 0.15) is 22.3 Å². The summed E-state index contributed by atoms with van der Waals surface area (Å²) in [6, 6.07) is 10.3. The van der Waals surface area contributed by atoms with Crippen LogP contribution >= 0.6 is 0 Å². The van der Waals surface area contributed by atoms with Gasteiger partial charge in [0.05, 0.1) is 19.8 Å². The first-order valence-corrected chi connectivity index (χ1v) is 9.42. The van der Waals surface area contributed by atoms with Crippen LogP contribution in [0.4, 0.5) is 0 Å². The van der Waals surface area contributed by atoms with Gasteiger partial charge in [-0.25, -0.2) is 0 Å². The Morgan fingerprint density at radius 2 is 1.83 bits per heavy atom. The number of rotatable bonds is 8. The summed E-state index contributed by atoms with van der Waals surface area (Å²) in [7, 11) is 3.06. The summed E-state index contributed by atoms with van der Waals surface area (Å²) in [5.41, 5.74) is 6.09. The average molecular weight is 401 g/mol. The largest absolute Gasteiger partial charge is 0.493 e. The number of carbonyl (C=O) groups excluding carboxylic acids is 1. The molecule has 8 nitrogen and oxygen atoms in total. The second-order valence-corrected chi connectivity index (χ2v) is 6.99. The minimum atomic E-state index is -0.908. The molecular formula is C21H27N3O5. The van der Waals surface area contributed by atoms with Crippen molar-refractivity contribution < 1.29 is 24.1 Å². The molecule has 1 heterocycles. The van der Waals surface area contributed by atoms with E-state index in [0.29, 0.717) is 48.1 Å². The second kappa shape index (κ2) is 9.13. The highest BCUT2D eigenvalue weighted by Crippen LogP contribution is 2.37. The van der Waals surface area contributed by atoms with Gasteiger partial charge in [0, 0.05) is 25.2 Å². The van der Waals surface area contributed by atoms with Crippen LogP contribution in [0.2, 0.25) is 0 Å². The Labute approximate surface area is 170 Å². The predicted octanol–water partition coefficient (Wildman–Crippen LogP) is 1.41. The van der Waals surface area contributed by atoms with E-state index in [2.05, 4.69) is 10.6 Å². The quantitative estimate of drug-likeness (QED) is 0.529. The first-order chi connectivity index (χ1) is 14.0. The molecule has 0 spiro atoms. The number of ether oxygens (including phenoxy) is 3. The third-order valence-electron chi connectivity index (χ3n) is 4.91. The highest BCUT2D eigenvalue weighted by Gasteiger charge is 2.31. The summed E-state index contributed by atoms with van der Waals surface area (Å²) in [5.74, 6) is 1.62. The minimum Gasteiger partial charge on any atom is -0.493 e. The molecule has 0 aliphatic carbocycles. The summed E-state index contributed by atoms with van der Waals surface area (Å²) in [6.07, 6.45) is 0.605. The zero-order chi connectivity index (χ0) is 20.9. The van der Waals surface area contributed by atoms with E-state index in [1.54, 1.807) is 31.4 Å². The number of aliphatic hydroxyl groups is 1. The number of amides is 1. The maximum atomic E-state index is 12.5. The molecule has 1 saturated heterocycles. The number of hydrogen-bond acceptors (Lipinski definition) is 7. The summed E-state index contributed by atoms with van der Waals surface area (Å²) in [6.45, 7) is 1.79. The van der Waals surface area contributed by atoms with E-state index < -0.39 is 5.60 Å². The van der Waals surface area contributed by atoms with E-state index in [-0.39, 0.29) is 12.5 Å². The normalized spacial score (nSPS) is 18.3. The van der Waals surface area contributed by atoms with Crippen molar-refractivity contribution >= 4 is 5.91 Å². The molecule has 1 amide bonds. The van der Waals surface area contributed by atoms with Gasteiger partial charge in [-0.2, -0.15) is 0 Å². The van der Waals surface area contributed by atoms with Crippen molar-refractivity contribution in [3.8, 4) is 23.0 Å². The maximum absolute atomic E-state index is 12.5. The lowest BCUT2D eigenvalue weighted by Crippen LogP contribution is -2.44. The average Bonchev–Trinajstić information content (AvgIpc) is 3.19. The van der Waals surface area contributed by atoms with Crippen LogP contribution in [-0.2, 0) is 6.54 Å². The fourth-order valence-corrected chi connectivity index (χ4v) is 3.16. The molecule has 8 heteroatoms. The fraction of sp³-hybridized carbons (Fsp3) is 0.381. The third-order valence-corrected chi connectivity index (χ3v) is 4.91. The number of carbonyl (C=O) groups is 1. The molecule has 3 rings (SSSR count). The molecule has 0 radical (unpaired) electrons. The smallest absolute Gasteiger partial charge is 0.251 e. The predicted molar refractivity (Wildman–Crippen MR) is 109 cm³/mol. The monoisotopic (exact) mass is 401 g/mol. The molecule has 1 atom stereocenters. The number of nitrogens with two attached hydrogens (primary N) is 1. The third kappa shape index (κ3) is 4.97. The van der Waals surface area contributed by atoms with Gasteiger partial charge in [0.1, 0.15) is 0 Å². The molecule has 0 bridgehead atoms. The first-order valence-electron chi connectivity index (χ1n) is 9.42. The zero-order valence-corrected chi connectivity index (χ0v) is 16.7. The lowest BCUT2D eigenvalue weighted by molar-refractivity contribution is 0.0562. The number of methoxy groups -OCH3 is 2. The minimum absolute atomic E-state index is 0.185. The van der Waals surface area contributed by atoms with Crippen LogP contribution in [0.25, 0.3) is 0 Å². The van der Waals surface area contributed by atoms with Crippen LogP contribution in [-0.4, -0.2) is 50.5 Å². The van der Waals surface area contributed by atoms with E-state index in [1.165, 1.54) is 7.11 Å². The standard InChI is InChI=1S/C21H27N3O5/c1-27-18-9-14(11-22)3-5-16(18)29-17-6-4-15(10-19(17)28-2)20(25)24-13-21(26)7-8-23-12-21/h3-6,9-10,23,26H,7-8,11-13,22H2,1-2H3,(H,24,25). The van der Waals surface area contributed by atoms with E-state index in [0.717, 1.165) is 12.1 Å². The maximum Gasteiger partial charge on any atom is 0.251 e. The Morgan fingerprint density at radius 3 is 2.45 bits per heavy atom. The van der Waals surface area contributed by atoms with Crippen LogP contribution in [0.15, 0.2) is 36.4 Å². The summed E-state index contributed by atoms with van der Waals surface area (Å²) in [5, 5.41) is 16.2.